The zero-order valence-corrected chi connectivity index (χ0v) is 12.4. The zero-order chi connectivity index (χ0) is 14.3. The van der Waals surface area contributed by atoms with Gasteiger partial charge < -0.3 is 9.64 Å². The maximum absolute atomic E-state index is 11.7. The fraction of sp³-hybridized carbons (Fsp3) is 0.857. The Labute approximate surface area is 115 Å². The maximum Gasteiger partial charge on any atom is 0.313 e. The molecule has 1 aliphatic heterocycles. The van der Waals surface area contributed by atoms with E-state index < -0.39 is 5.97 Å². The summed E-state index contributed by atoms with van der Waals surface area (Å²) < 4.78 is 4.78. The zero-order valence-electron chi connectivity index (χ0n) is 12.4. The van der Waals surface area contributed by atoms with E-state index in [2.05, 4.69) is 23.6 Å². The summed E-state index contributed by atoms with van der Waals surface area (Å²) in [6, 6.07) is 0. The first kappa shape index (κ1) is 16.1. The van der Waals surface area contributed by atoms with Crippen molar-refractivity contribution in [2.24, 2.45) is 5.92 Å². The number of esters is 1. The van der Waals surface area contributed by atoms with Gasteiger partial charge in [0.15, 0.2) is 5.78 Å². The van der Waals surface area contributed by atoms with Crippen LogP contribution in [0, 0.1) is 5.92 Å². The lowest BCUT2D eigenvalue weighted by Crippen LogP contribution is -2.48. The molecule has 1 heterocycles. The van der Waals surface area contributed by atoms with E-state index >= 15 is 0 Å². The van der Waals surface area contributed by atoms with Crippen LogP contribution in [-0.4, -0.2) is 67.4 Å². The highest BCUT2D eigenvalue weighted by Crippen LogP contribution is 2.05. The fourth-order valence-corrected chi connectivity index (χ4v) is 2.32. The van der Waals surface area contributed by atoms with Gasteiger partial charge in [0.05, 0.1) is 13.2 Å². The molecule has 0 atom stereocenters. The number of hydrogen-bond acceptors (Lipinski definition) is 5. The topological polar surface area (TPSA) is 49.9 Å². The fourth-order valence-electron chi connectivity index (χ4n) is 2.32. The normalized spacial score (nSPS) is 17.7. The van der Waals surface area contributed by atoms with E-state index in [4.69, 9.17) is 4.74 Å². The first-order chi connectivity index (χ1) is 9.01. The molecule has 0 saturated carbocycles. The molecule has 0 amide bonds. The lowest BCUT2D eigenvalue weighted by atomic mass is 10.2. The van der Waals surface area contributed by atoms with Gasteiger partial charge in [0, 0.05) is 32.7 Å². The molecule has 0 aromatic heterocycles. The van der Waals surface area contributed by atoms with Gasteiger partial charge in [-0.2, -0.15) is 0 Å². The first-order valence-electron chi connectivity index (χ1n) is 7.13. The number of carbonyl (C=O) groups excluding carboxylic acids is 2. The molecule has 0 aliphatic carbocycles. The molecule has 5 heteroatoms. The molecule has 0 N–H and O–H groups in total. The molecule has 0 radical (unpaired) electrons. The van der Waals surface area contributed by atoms with Crippen LogP contribution in [0.5, 0.6) is 0 Å². The Morgan fingerprint density at radius 3 is 2.21 bits per heavy atom. The van der Waals surface area contributed by atoms with Crippen LogP contribution >= 0.6 is 0 Å². The van der Waals surface area contributed by atoms with E-state index in [1.807, 2.05) is 0 Å². The van der Waals surface area contributed by atoms with Crippen molar-refractivity contribution in [1.82, 2.24) is 9.80 Å². The summed E-state index contributed by atoms with van der Waals surface area (Å²) >= 11 is 0. The SMILES string of the molecule is CCOC(=O)CC(=O)CN1CCN(CC(C)C)CC1. The van der Waals surface area contributed by atoms with E-state index in [0.717, 1.165) is 32.7 Å². The number of nitrogens with zero attached hydrogens (tertiary/aromatic N) is 2. The minimum atomic E-state index is -0.411. The van der Waals surface area contributed by atoms with Crippen molar-refractivity contribution in [1.29, 1.82) is 0 Å². The largest absolute Gasteiger partial charge is 0.466 e. The van der Waals surface area contributed by atoms with Gasteiger partial charge in [0.1, 0.15) is 6.42 Å². The molecule has 1 saturated heterocycles. The second kappa shape index (κ2) is 8.27. The van der Waals surface area contributed by atoms with Gasteiger partial charge in [-0.15, -0.1) is 0 Å². The maximum atomic E-state index is 11.7. The summed E-state index contributed by atoms with van der Waals surface area (Å²) in [6.07, 6.45) is -0.0972. The van der Waals surface area contributed by atoms with Crippen LogP contribution in [0.15, 0.2) is 0 Å². The third-order valence-corrected chi connectivity index (χ3v) is 3.14. The molecule has 0 unspecified atom stereocenters. The van der Waals surface area contributed by atoms with Crippen molar-refractivity contribution in [3.8, 4) is 0 Å². The molecule has 1 fully saturated rings. The highest BCUT2D eigenvalue weighted by Gasteiger charge is 2.20. The summed E-state index contributed by atoms with van der Waals surface area (Å²) in [6.45, 7) is 11.8. The van der Waals surface area contributed by atoms with Gasteiger partial charge in [-0.25, -0.2) is 0 Å². The average molecular weight is 270 g/mol. The number of Topliss-reactive ketones (excluding diaryl/α,β-unsaturated/α-hetero) is 1. The molecule has 1 rings (SSSR count). The summed E-state index contributed by atoms with van der Waals surface area (Å²) in [4.78, 5) is 27.4. The van der Waals surface area contributed by atoms with E-state index in [1.54, 1.807) is 6.92 Å². The molecule has 0 bridgehead atoms. The van der Waals surface area contributed by atoms with Crippen molar-refractivity contribution >= 4 is 11.8 Å². The van der Waals surface area contributed by atoms with Crippen molar-refractivity contribution in [2.45, 2.75) is 27.2 Å². The molecule has 0 aromatic rings. The van der Waals surface area contributed by atoms with Crippen LogP contribution in [0.4, 0.5) is 0 Å². The van der Waals surface area contributed by atoms with Gasteiger partial charge in [-0.05, 0) is 12.8 Å². The smallest absolute Gasteiger partial charge is 0.313 e. The quantitative estimate of drug-likeness (QED) is 0.505. The lowest BCUT2D eigenvalue weighted by Gasteiger charge is -2.35. The molecule has 1 aliphatic rings. The van der Waals surface area contributed by atoms with E-state index in [-0.39, 0.29) is 12.2 Å². The minimum Gasteiger partial charge on any atom is -0.466 e. The molecule has 0 aromatic carbocycles. The highest BCUT2D eigenvalue weighted by atomic mass is 16.5. The van der Waals surface area contributed by atoms with Crippen LogP contribution in [0.1, 0.15) is 27.2 Å². The molecule has 5 nitrogen and oxygen atoms in total. The third kappa shape index (κ3) is 6.68. The van der Waals surface area contributed by atoms with Gasteiger partial charge >= 0.3 is 5.97 Å². The Morgan fingerprint density at radius 1 is 1.11 bits per heavy atom. The first-order valence-corrected chi connectivity index (χ1v) is 7.13. The molecular weight excluding hydrogens is 244 g/mol. The Bertz CT molecular complexity index is 297. The predicted octanol–water partition coefficient (Wildman–Crippen LogP) is 0.782. The van der Waals surface area contributed by atoms with Crippen LogP contribution < -0.4 is 0 Å². The third-order valence-electron chi connectivity index (χ3n) is 3.14. The second-order valence-electron chi connectivity index (χ2n) is 5.49. The lowest BCUT2D eigenvalue weighted by molar-refractivity contribution is -0.145. The van der Waals surface area contributed by atoms with Crippen LogP contribution in [-0.2, 0) is 14.3 Å². The van der Waals surface area contributed by atoms with E-state index in [1.165, 1.54) is 0 Å². The highest BCUT2D eigenvalue weighted by molar-refractivity contribution is 5.96. The predicted molar refractivity (Wildman–Crippen MR) is 74.0 cm³/mol. The van der Waals surface area contributed by atoms with Crippen LogP contribution in [0.3, 0.4) is 0 Å². The van der Waals surface area contributed by atoms with Crippen LogP contribution in [0.2, 0.25) is 0 Å². The summed E-state index contributed by atoms with van der Waals surface area (Å²) in [5.74, 6) is 0.221. The van der Waals surface area contributed by atoms with Crippen molar-refractivity contribution in [3.63, 3.8) is 0 Å². The molecule has 0 spiro atoms. The number of piperazine rings is 1. The summed E-state index contributed by atoms with van der Waals surface area (Å²) in [5, 5.41) is 0. The molecule has 19 heavy (non-hydrogen) atoms. The Hall–Kier alpha value is -0.940. The van der Waals surface area contributed by atoms with Crippen molar-refractivity contribution in [2.75, 3.05) is 45.9 Å². The van der Waals surface area contributed by atoms with E-state index in [0.29, 0.717) is 19.1 Å². The van der Waals surface area contributed by atoms with Gasteiger partial charge in [-0.3, -0.25) is 14.5 Å². The van der Waals surface area contributed by atoms with Crippen LogP contribution in [0.25, 0.3) is 0 Å². The number of carbonyl (C=O) groups is 2. The monoisotopic (exact) mass is 270 g/mol. The average Bonchev–Trinajstić information content (AvgIpc) is 2.31. The number of hydrogen-bond donors (Lipinski definition) is 0. The summed E-state index contributed by atoms with van der Waals surface area (Å²) in [7, 11) is 0. The minimum absolute atomic E-state index is 0.0456. The Balaban J connectivity index is 2.21. The Morgan fingerprint density at radius 2 is 1.68 bits per heavy atom. The Kier molecular flexibility index (Phi) is 7.02. The molecular formula is C14H26N2O3. The molecule has 110 valence electrons. The number of rotatable bonds is 7. The van der Waals surface area contributed by atoms with Crippen molar-refractivity contribution < 1.29 is 14.3 Å². The van der Waals surface area contributed by atoms with E-state index in [9.17, 15) is 9.59 Å². The number of ether oxygens (including phenoxy) is 1. The standard InChI is InChI=1S/C14H26N2O3/c1-4-19-14(18)9-13(17)11-16-7-5-15(6-8-16)10-12(2)3/h12H,4-11H2,1-3H3. The second-order valence-corrected chi connectivity index (χ2v) is 5.49. The van der Waals surface area contributed by atoms with Gasteiger partial charge in [0.25, 0.3) is 0 Å². The number of ketones is 1. The van der Waals surface area contributed by atoms with Crippen molar-refractivity contribution in [3.05, 3.63) is 0 Å². The van der Waals surface area contributed by atoms with Gasteiger partial charge in [0.2, 0.25) is 0 Å². The summed E-state index contributed by atoms with van der Waals surface area (Å²) in [5.41, 5.74) is 0. The van der Waals surface area contributed by atoms with Gasteiger partial charge in [-0.1, -0.05) is 13.8 Å².